The molecule has 0 N–H and O–H groups in total. The van der Waals surface area contributed by atoms with Crippen molar-refractivity contribution in [3.63, 3.8) is 0 Å². The second-order valence-electron chi connectivity index (χ2n) is 10.4. The van der Waals surface area contributed by atoms with E-state index in [0.717, 1.165) is 10.5 Å². The fraction of sp³-hybridized carbons (Fsp3) is 0.345. The van der Waals surface area contributed by atoms with Gasteiger partial charge in [-0.3, -0.25) is 0 Å². The molecule has 0 aliphatic rings. The van der Waals surface area contributed by atoms with Crippen LogP contribution in [0.1, 0.15) is 57.5 Å². The standard InChI is InChI=1S/C29H33NO7/c1-28(2,3)36-26(32)30(27(33)37-29(4,5)6)22-15-20-13-14-21(25(31)34-7)16-23(20)24(17-22)35-18-19-11-9-8-10-12-19/h8-17H,18H2,1-7H3. The number of anilines is 1. The van der Waals surface area contributed by atoms with Crippen LogP contribution in [0, 0.1) is 0 Å². The van der Waals surface area contributed by atoms with Gasteiger partial charge in [0.15, 0.2) is 0 Å². The largest absolute Gasteiger partial charge is 0.488 e. The highest BCUT2D eigenvalue weighted by molar-refractivity contribution is 6.11. The third-order valence-electron chi connectivity index (χ3n) is 4.97. The molecule has 0 spiro atoms. The first-order valence-electron chi connectivity index (χ1n) is 11.9. The lowest BCUT2D eigenvalue weighted by atomic mass is 10.0. The number of hydrogen-bond donors (Lipinski definition) is 0. The molecule has 0 atom stereocenters. The van der Waals surface area contributed by atoms with Gasteiger partial charge in [-0.2, -0.15) is 4.90 Å². The summed E-state index contributed by atoms with van der Waals surface area (Å²) in [5, 5.41) is 1.24. The van der Waals surface area contributed by atoms with E-state index in [2.05, 4.69) is 0 Å². The van der Waals surface area contributed by atoms with Crippen molar-refractivity contribution < 1.29 is 33.3 Å². The highest BCUT2D eigenvalue weighted by Gasteiger charge is 2.33. The van der Waals surface area contributed by atoms with Crippen molar-refractivity contribution in [3.05, 3.63) is 71.8 Å². The van der Waals surface area contributed by atoms with E-state index in [4.69, 9.17) is 18.9 Å². The van der Waals surface area contributed by atoms with Crippen LogP contribution in [0.2, 0.25) is 0 Å². The molecule has 0 aliphatic carbocycles. The van der Waals surface area contributed by atoms with Gasteiger partial charge in [-0.05, 0) is 70.7 Å². The summed E-state index contributed by atoms with van der Waals surface area (Å²) in [5.41, 5.74) is -0.249. The van der Waals surface area contributed by atoms with Crippen molar-refractivity contribution in [2.75, 3.05) is 12.0 Å². The Morgan fingerprint density at radius 1 is 0.784 bits per heavy atom. The fourth-order valence-corrected chi connectivity index (χ4v) is 3.44. The molecule has 3 aromatic rings. The summed E-state index contributed by atoms with van der Waals surface area (Å²) in [6, 6.07) is 17.7. The van der Waals surface area contributed by atoms with Gasteiger partial charge < -0.3 is 18.9 Å². The molecule has 3 rings (SSSR count). The number of carbonyl (C=O) groups is 3. The third kappa shape index (κ3) is 7.46. The zero-order valence-electron chi connectivity index (χ0n) is 22.3. The van der Waals surface area contributed by atoms with Crippen LogP contribution in [0.3, 0.4) is 0 Å². The van der Waals surface area contributed by atoms with Crippen LogP contribution in [-0.4, -0.2) is 36.5 Å². The Bertz CT molecular complexity index is 1260. The van der Waals surface area contributed by atoms with Crippen LogP contribution < -0.4 is 9.64 Å². The highest BCUT2D eigenvalue weighted by atomic mass is 16.6. The molecule has 0 heterocycles. The molecule has 0 bridgehead atoms. The maximum atomic E-state index is 13.2. The maximum absolute atomic E-state index is 13.2. The monoisotopic (exact) mass is 507 g/mol. The minimum atomic E-state index is -0.888. The Balaban J connectivity index is 2.15. The first-order valence-corrected chi connectivity index (χ1v) is 11.9. The second kappa shape index (κ2) is 10.9. The number of esters is 1. The quantitative estimate of drug-likeness (QED) is 0.274. The van der Waals surface area contributed by atoms with Crippen LogP contribution in [-0.2, 0) is 20.8 Å². The van der Waals surface area contributed by atoms with E-state index in [1.807, 2.05) is 30.3 Å². The van der Waals surface area contributed by atoms with Crippen LogP contribution >= 0.6 is 0 Å². The number of hydrogen-bond acceptors (Lipinski definition) is 7. The van der Waals surface area contributed by atoms with E-state index in [1.54, 1.807) is 71.9 Å². The van der Waals surface area contributed by atoms with Crippen LogP contribution in [0.5, 0.6) is 5.75 Å². The summed E-state index contributed by atoms with van der Waals surface area (Å²) in [6.45, 7) is 10.5. The van der Waals surface area contributed by atoms with Gasteiger partial charge in [0.2, 0.25) is 0 Å². The summed E-state index contributed by atoms with van der Waals surface area (Å²) >= 11 is 0. The van der Waals surface area contributed by atoms with E-state index in [1.165, 1.54) is 7.11 Å². The van der Waals surface area contributed by atoms with E-state index >= 15 is 0 Å². The first kappa shape index (κ1) is 27.5. The molecule has 37 heavy (non-hydrogen) atoms. The molecule has 0 saturated heterocycles. The summed E-state index contributed by atoms with van der Waals surface area (Å²) in [7, 11) is 1.31. The lowest BCUT2D eigenvalue weighted by Gasteiger charge is -2.29. The predicted molar refractivity (Wildman–Crippen MR) is 141 cm³/mol. The smallest absolute Gasteiger partial charge is 0.424 e. The van der Waals surface area contributed by atoms with Crippen molar-refractivity contribution in [1.29, 1.82) is 0 Å². The Morgan fingerprint density at radius 2 is 1.38 bits per heavy atom. The van der Waals surface area contributed by atoms with Crippen LogP contribution in [0.25, 0.3) is 10.8 Å². The molecule has 3 aromatic carbocycles. The van der Waals surface area contributed by atoms with Crippen molar-refractivity contribution >= 4 is 34.6 Å². The highest BCUT2D eigenvalue weighted by Crippen LogP contribution is 2.35. The second-order valence-corrected chi connectivity index (χ2v) is 10.4. The summed E-state index contributed by atoms with van der Waals surface area (Å²) in [5.74, 6) is -0.136. The SMILES string of the molecule is COC(=O)c1ccc2cc(N(C(=O)OC(C)(C)C)C(=O)OC(C)(C)C)cc(OCc3ccccc3)c2c1. The Hall–Kier alpha value is -4.07. The van der Waals surface area contributed by atoms with Crippen LogP contribution in [0.4, 0.5) is 15.3 Å². The summed E-state index contributed by atoms with van der Waals surface area (Å²) in [6.07, 6.45) is -1.78. The fourth-order valence-electron chi connectivity index (χ4n) is 3.44. The number of ether oxygens (including phenoxy) is 4. The summed E-state index contributed by atoms with van der Waals surface area (Å²) < 4.78 is 22.0. The number of amides is 2. The lowest BCUT2D eigenvalue weighted by Crippen LogP contribution is -2.43. The summed E-state index contributed by atoms with van der Waals surface area (Å²) in [4.78, 5) is 39.4. The number of benzene rings is 3. The van der Waals surface area contributed by atoms with Gasteiger partial charge in [0.1, 0.15) is 23.6 Å². The Labute approximate surface area is 217 Å². The van der Waals surface area contributed by atoms with Crippen molar-refractivity contribution in [3.8, 4) is 5.75 Å². The minimum absolute atomic E-state index is 0.199. The lowest BCUT2D eigenvalue weighted by molar-refractivity contribution is 0.0429. The van der Waals surface area contributed by atoms with Crippen molar-refractivity contribution in [1.82, 2.24) is 0 Å². The molecule has 0 radical (unpaired) electrons. The molecule has 196 valence electrons. The molecule has 8 heteroatoms. The molecule has 8 nitrogen and oxygen atoms in total. The van der Waals surface area contributed by atoms with Gasteiger partial charge in [-0.1, -0.05) is 36.4 Å². The minimum Gasteiger partial charge on any atom is -0.488 e. The Morgan fingerprint density at radius 3 is 1.92 bits per heavy atom. The normalized spacial score (nSPS) is 11.5. The number of fused-ring (bicyclic) bond motifs is 1. The van der Waals surface area contributed by atoms with Gasteiger partial charge >= 0.3 is 18.2 Å². The third-order valence-corrected chi connectivity index (χ3v) is 4.97. The van der Waals surface area contributed by atoms with Gasteiger partial charge in [0.05, 0.1) is 18.4 Å². The topological polar surface area (TPSA) is 91.4 Å². The average Bonchev–Trinajstić information content (AvgIpc) is 2.80. The van der Waals surface area contributed by atoms with Gasteiger partial charge in [0.25, 0.3) is 0 Å². The van der Waals surface area contributed by atoms with Crippen LogP contribution in [0.15, 0.2) is 60.7 Å². The molecule has 0 aliphatic heterocycles. The molecule has 0 fully saturated rings. The van der Waals surface area contributed by atoms with Gasteiger partial charge in [-0.25, -0.2) is 14.4 Å². The molecular formula is C29H33NO7. The van der Waals surface area contributed by atoms with E-state index in [-0.39, 0.29) is 12.3 Å². The zero-order valence-corrected chi connectivity index (χ0v) is 22.3. The Kier molecular flexibility index (Phi) is 8.11. The predicted octanol–water partition coefficient (Wildman–Crippen LogP) is 6.88. The number of rotatable bonds is 5. The molecular weight excluding hydrogens is 474 g/mol. The molecule has 0 aromatic heterocycles. The first-order chi connectivity index (χ1) is 17.3. The number of methoxy groups -OCH3 is 1. The number of nitrogens with zero attached hydrogens (tertiary/aromatic N) is 1. The van der Waals surface area contributed by atoms with Gasteiger partial charge in [-0.15, -0.1) is 0 Å². The molecule has 0 saturated carbocycles. The number of imide groups is 1. The van der Waals surface area contributed by atoms with E-state index in [0.29, 0.717) is 22.1 Å². The number of carbonyl (C=O) groups excluding carboxylic acids is 3. The van der Waals surface area contributed by atoms with Gasteiger partial charge in [0, 0.05) is 11.5 Å². The van der Waals surface area contributed by atoms with Crippen molar-refractivity contribution in [2.45, 2.75) is 59.4 Å². The maximum Gasteiger partial charge on any atom is 0.424 e. The average molecular weight is 508 g/mol. The molecule has 0 unspecified atom stereocenters. The van der Waals surface area contributed by atoms with Crippen molar-refractivity contribution in [2.24, 2.45) is 0 Å². The molecule has 2 amide bonds. The van der Waals surface area contributed by atoms with E-state index < -0.39 is 29.4 Å². The van der Waals surface area contributed by atoms with E-state index in [9.17, 15) is 14.4 Å². The zero-order chi connectivity index (χ0) is 27.4.